The molecule has 0 aliphatic carbocycles. The van der Waals surface area contributed by atoms with Gasteiger partial charge in [0.25, 0.3) is 0 Å². The highest BCUT2D eigenvalue weighted by Crippen LogP contribution is 2.71. The van der Waals surface area contributed by atoms with Gasteiger partial charge in [-0.25, -0.2) is 4.79 Å². The minimum atomic E-state index is -3.86. The van der Waals surface area contributed by atoms with Crippen molar-refractivity contribution in [3.63, 3.8) is 0 Å². The number of carbonyl (C=O) groups is 2. The third-order valence-corrected chi connectivity index (χ3v) is 9.46. The van der Waals surface area contributed by atoms with E-state index in [0.717, 1.165) is 0 Å². The standard InChI is InChI=1S/C15H29ClO10P2/c1-5-23-27(19,24-6-2)14(28(20,25-7-3)26-8-4)11-9-10-13(17)21-12-22-15(16)18/h14H,5-12H2,1-4H3. The minimum Gasteiger partial charge on any atom is -0.428 e. The Labute approximate surface area is 170 Å². The highest BCUT2D eigenvalue weighted by Gasteiger charge is 2.50. The first-order valence-corrected chi connectivity index (χ1v) is 12.5. The summed E-state index contributed by atoms with van der Waals surface area (Å²) in [6, 6.07) is 0. The summed E-state index contributed by atoms with van der Waals surface area (Å²) in [5, 5.41) is -1.20. The van der Waals surface area contributed by atoms with Crippen molar-refractivity contribution in [2.75, 3.05) is 33.2 Å². The molecule has 0 amide bonds. The molecule has 0 saturated heterocycles. The zero-order valence-electron chi connectivity index (χ0n) is 16.6. The van der Waals surface area contributed by atoms with E-state index >= 15 is 0 Å². The SMILES string of the molecule is CCOP(=O)(OCC)C(CCCC(=O)OCOC(=O)Cl)P(=O)(OCC)OCC. The molecule has 0 aromatic rings. The molecule has 0 radical (unpaired) electrons. The van der Waals surface area contributed by atoms with Crippen LogP contribution in [0.2, 0.25) is 0 Å². The molecule has 0 aliphatic heterocycles. The molecule has 10 nitrogen and oxygen atoms in total. The second-order valence-electron chi connectivity index (χ2n) is 5.14. The van der Waals surface area contributed by atoms with Crippen LogP contribution in [0.4, 0.5) is 4.79 Å². The lowest BCUT2D eigenvalue weighted by atomic mass is 10.2. The van der Waals surface area contributed by atoms with Crippen molar-refractivity contribution >= 4 is 38.2 Å². The van der Waals surface area contributed by atoms with Gasteiger partial charge in [-0.3, -0.25) is 13.9 Å². The van der Waals surface area contributed by atoms with Crippen molar-refractivity contribution in [3.8, 4) is 0 Å². The van der Waals surface area contributed by atoms with Gasteiger partial charge in [-0.1, -0.05) is 0 Å². The van der Waals surface area contributed by atoms with E-state index in [1.807, 2.05) is 0 Å². The maximum atomic E-state index is 13.3. The van der Waals surface area contributed by atoms with Crippen LogP contribution in [0.15, 0.2) is 0 Å². The van der Waals surface area contributed by atoms with Crippen LogP contribution in [0.5, 0.6) is 0 Å². The molecule has 0 aromatic carbocycles. The average Bonchev–Trinajstić information content (AvgIpc) is 2.59. The van der Waals surface area contributed by atoms with Gasteiger partial charge in [0, 0.05) is 18.0 Å². The van der Waals surface area contributed by atoms with E-state index in [4.69, 9.17) is 29.7 Å². The fraction of sp³-hybridized carbons (Fsp3) is 0.867. The molecule has 0 rings (SSSR count). The van der Waals surface area contributed by atoms with Crippen LogP contribution in [0.3, 0.4) is 0 Å². The van der Waals surface area contributed by atoms with E-state index < -0.39 is 38.8 Å². The Morgan fingerprint density at radius 1 is 0.821 bits per heavy atom. The van der Waals surface area contributed by atoms with Gasteiger partial charge < -0.3 is 27.6 Å². The topological polar surface area (TPSA) is 124 Å². The lowest BCUT2D eigenvalue weighted by molar-refractivity contribution is -0.151. The zero-order chi connectivity index (χ0) is 21.6. The van der Waals surface area contributed by atoms with E-state index in [9.17, 15) is 18.7 Å². The number of carbonyl (C=O) groups excluding carboxylic acids is 2. The molecule has 0 atom stereocenters. The molecular formula is C15H29ClO10P2. The third-order valence-electron chi connectivity index (χ3n) is 3.20. The Kier molecular flexibility index (Phi) is 14.3. The van der Waals surface area contributed by atoms with Gasteiger partial charge in [-0.05, 0) is 40.5 Å². The molecule has 0 heterocycles. The second-order valence-corrected chi connectivity index (χ2v) is 10.3. The van der Waals surface area contributed by atoms with Gasteiger partial charge in [0.15, 0.2) is 5.40 Å². The summed E-state index contributed by atoms with van der Waals surface area (Å²) in [5.41, 5.74) is -1.10. The van der Waals surface area contributed by atoms with Gasteiger partial charge in [0.2, 0.25) is 6.79 Å². The predicted octanol–water partition coefficient (Wildman–Crippen LogP) is 4.89. The Balaban J connectivity index is 5.28. The molecular weight excluding hydrogens is 438 g/mol. The lowest BCUT2D eigenvalue weighted by Gasteiger charge is -2.31. The van der Waals surface area contributed by atoms with E-state index in [1.165, 1.54) is 0 Å². The maximum absolute atomic E-state index is 13.3. The fourth-order valence-corrected chi connectivity index (χ4v) is 7.78. The molecule has 0 saturated carbocycles. The van der Waals surface area contributed by atoms with Crippen LogP contribution in [0.1, 0.15) is 47.0 Å². The fourth-order valence-electron chi connectivity index (χ4n) is 2.27. The maximum Gasteiger partial charge on any atom is 0.406 e. The Morgan fingerprint density at radius 3 is 1.61 bits per heavy atom. The first kappa shape index (κ1) is 27.5. The number of ether oxygens (including phenoxy) is 2. The molecule has 13 heteroatoms. The summed E-state index contributed by atoms with van der Waals surface area (Å²) in [5.74, 6) is -0.679. The Morgan fingerprint density at radius 2 is 1.25 bits per heavy atom. The van der Waals surface area contributed by atoms with Crippen molar-refractivity contribution in [2.45, 2.75) is 52.4 Å². The number of halogens is 1. The molecule has 0 fully saturated rings. The van der Waals surface area contributed by atoms with Crippen LogP contribution in [0.25, 0.3) is 0 Å². The molecule has 0 unspecified atom stereocenters. The van der Waals surface area contributed by atoms with Crippen LogP contribution in [-0.4, -0.2) is 50.0 Å². The van der Waals surface area contributed by atoms with E-state index in [2.05, 4.69) is 9.47 Å². The molecule has 0 spiro atoms. The van der Waals surface area contributed by atoms with Gasteiger partial charge in [0.1, 0.15) is 0 Å². The summed E-state index contributed by atoms with van der Waals surface area (Å²) >= 11 is 4.96. The van der Waals surface area contributed by atoms with Crippen LogP contribution < -0.4 is 0 Å². The normalized spacial score (nSPS) is 12.2. The lowest BCUT2D eigenvalue weighted by Crippen LogP contribution is -2.18. The van der Waals surface area contributed by atoms with E-state index in [1.54, 1.807) is 27.7 Å². The van der Waals surface area contributed by atoms with E-state index in [-0.39, 0.29) is 45.7 Å². The van der Waals surface area contributed by atoms with Crippen molar-refractivity contribution in [2.24, 2.45) is 0 Å². The van der Waals surface area contributed by atoms with Crippen LogP contribution in [0, 0.1) is 0 Å². The van der Waals surface area contributed by atoms with Crippen LogP contribution >= 0.6 is 26.8 Å². The third kappa shape index (κ3) is 9.83. The largest absolute Gasteiger partial charge is 0.428 e. The summed E-state index contributed by atoms with van der Waals surface area (Å²) in [6.07, 6.45) is 0.0123. The Hall–Kier alpha value is -0.470. The first-order chi connectivity index (χ1) is 13.2. The van der Waals surface area contributed by atoms with Crippen molar-refractivity contribution < 1.29 is 46.3 Å². The summed E-state index contributed by atoms with van der Waals surface area (Å²) in [7, 11) is -7.71. The first-order valence-electron chi connectivity index (χ1n) is 8.94. The molecule has 28 heavy (non-hydrogen) atoms. The highest BCUT2D eigenvalue weighted by molar-refractivity contribution is 7.72. The zero-order valence-corrected chi connectivity index (χ0v) is 19.1. The molecule has 0 bridgehead atoms. The molecule has 0 aromatic heterocycles. The minimum absolute atomic E-state index is 0.00104. The smallest absolute Gasteiger partial charge is 0.406 e. The highest BCUT2D eigenvalue weighted by atomic mass is 35.5. The number of rotatable bonds is 16. The van der Waals surface area contributed by atoms with E-state index in [0.29, 0.717) is 0 Å². The average molecular weight is 467 g/mol. The quantitative estimate of drug-likeness (QED) is 0.134. The molecule has 0 N–H and O–H groups in total. The molecule has 0 aliphatic rings. The van der Waals surface area contributed by atoms with Crippen molar-refractivity contribution in [1.29, 1.82) is 0 Å². The number of hydrogen-bond acceptors (Lipinski definition) is 10. The molecule has 166 valence electrons. The monoisotopic (exact) mass is 466 g/mol. The summed E-state index contributed by atoms with van der Waals surface area (Å²) in [4.78, 5) is 22.1. The predicted molar refractivity (Wildman–Crippen MR) is 103 cm³/mol. The van der Waals surface area contributed by atoms with Gasteiger partial charge in [-0.15, -0.1) is 0 Å². The van der Waals surface area contributed by atoms with Gasteiger partial charge >= 0.3 is 26.6 Å². The Bertz CT molecular complexity index is 521. The van der Waals surface area contributed by atoms with Crippen molar-refractivity contribution in [3.05, 3.63) is 0 Å². The van der Waals surface area contributed by atoms with Crippen LogP contribution in [-0.2, 0) is 41.5 Å². The van der Waals surface area contributed by atoms with Gasteiger partial charge in [-0.2, -0.15) is 0 Å². The number of esters is 1. The van der Waals surface area contributed by atoms with Gasteiger partial charge in [0.05, 0.1) is 26.4 Å². The summed E-state index contributed by atoms with van der Waals surface area (Å²) in [6.45, 7) is 6.17. The van der Waals surface area contributed by atoms with Crippen molar-refractivity contribution in [1.82, 2.24) is 0 Å². The number of hydrogen-bond donors (Lipinski definition) is 0. The summed E-state index contributed by atoms with van der Waals surface area (Å²) < 4.78 is 56.8. The second kappa shape index (κ2) is 14.5.